The second-order valence-electron chi connectivity index (χ2n) is 5.29. The predicted octanol–water partition coefficient (Wildman–Crippen LogP) is 2.19. The second-order valence-corrected chi connectivity index (χ2v) is 5.29. The van der Waals surface area contributed by atoms with Crippen molar-refractivity contribution in [1.29, 1.82) is 21.0 Å². The molecule has 0 N–H and O–H groups in total. The van der Waals surface area contributed by atoms with Gasteiger partial charge in [-0.25, -0.2) is 0 Å². The molecule has 0 aromatic rings. The molecule has 0 saturated heterocycles. The molecule has 6 nitrogen and oxygen atoms in total. The van der Waals surface area contributed by atoms with Crippen molar-refractivity contribution >= 4 is 0 Å². The number of hydrogen-bond acceptors (Lipinski definition) is 6. The molecule has 23 heavy (non-hydrogen) atoms. The summed E-state index contributed by atoms with van der Waals surface area (Å²) in [7, 11) is 0. The van der Waals surface area contributed by atoms with E-state index < -0.39 is 0 Å². The van der Waals surface area contributed by atoms with Crippen molar-refractivity contribution in [2.75, 3.05) is 39.3 Å². The molecule has 122 valence electrons. The normalized spacial score (nSPS) is 9.83. The van der Waals surface area contributed by atoms with Crippen LogP contribution in [0.2, 0.25) is 0 Å². The minimum Gasteiger partial charge on any atom is -0.298 e. The molecular weight excluding hydrogens is 288 g/mol. The number of rotatable bonds is 13. The number of unbranched alkanes of at least 4 members (excludes halogenated alkanes) is 1. The Morgan fingerprint density at radius 1 is 0.652 bits per heavy atom. The largest absolute Gasteiger partial charge is 0.298 e. The van der Waals surface area contributed by atoms with Gasteiger partial charge in [-0.3, -0.25) is 9.80 Å². The quantitative estimate of drug-likeness (QED) is 0.381. The Labute approximate surface area is 139 Å². The van der Waals surface area contributed by atoms with E-state index in [1.165, 1.54) is 0 Å². The summed E-state index contributed by atoms with van der Waals surface area (Å²) < 4.78 is 0. The lowest BCUT2D eigenvalue weighted by Gasteiger charge is -2.26. The Hall–Kier alpha value is -2.38. The molecule has 0 fully saturated rings. The Balaban J connectivity index is 4.43. The molecule has 0 radical (unpaired) electrons. The second kappa shape index (κ2) is 14.6. The molecule has 0 spiro atoms. The van der Waals surface area contributed by atoms with Crippen LogP contribution in [-0.4, -0.2) is 49.1 Å². The first-order chi connectivity index (χ1) is 11.2. The van der Waals surface area contributed by atoms with Crippen molar-refractivity contribution in [2.24, 2.45) is 0 Å². The zero-order valence-corrected chi connectivity index (χ0v) is 13.7. The van der Waals surface area contributed by atoms with E-state index in [2.05, 4.69) is 40.7 Å². The molecule has 0 aliphatic heterocycles. The van der Waals surface area contributed by atoms with Crippen LogP contribution < -0.4 is 0 Å². The molecule has 0 atom stereocenters. The van der Waals surface area contributed by atoms with Gasteiger partial charge in [0.2, 0.25) is 0 Å². The van der Waals surface area contributed by atoms with Crippen LogP contribution >= 0.6 is 0 Å². The maximum Gasteiger partial charge on any atom is 0.0635 e. The molecule has 0 amide bonds. The van der Waals surface area contributed by atoms with Crippen molar-refractivity contribution in [3.05, 3.63) is 12.2 Å². The minimum atomic E-state index is 0.430. The third-order valence-electron chi connectivity index (χ3n) is 3.28. The van der Waals surface area contributed by atoms with Gasteiger partial charge in [-0.15, -0.1) is 0 Å². The zero-order valence-electron chi connectivity index (χ0n) is 13.7. The molecule has 0 aromatic heterocycles. The van der Waals surface area contributed by atoms with Gasteiger partial charge in [-0.05, 0) is 18.5 Å². The summed E-state index contributed by atoms with van der Waals surface area (Å²) in [6.07, 6.45) is 2.60. The first kappa shape index (κ1) is 20.6. The summed E-state index contributed by atoms with van der Waals surface area (Å²) in [6, 6.07) is 8.51. The van der Waals surface area contributed by atoms with Gasteiger partial charge in [0.05, 0.1) is 24.3 Å². The molecule has 0 rings (SSSR count). The molecule has 6 heteroatoms. The zero-order chi connectivity index (χ0) is 17.3. The van der Waals surface area contributed by atoms with Crippen LogP contribution in [0.4, 0.5) is 0 Å². The third kappa shape index (κ3) is 11.9. The number of nitriles is 4. The highest BCUT2D eigenvalue weighted by Gasteiger charge is 2.10. The Kier molecular flexibility index (Phi) is 13.0. The molecule has 0 heterocycles. The first-order valence-corrected chi connectivity index (χ1v) is 7.77. The van der Waals surface area contributed by atoms with Crippen LogP contribution in [0.1, 0.15) is 32.1 Å². The van der Waals surface area contributed by atoms with Crippen LogP contribution in [0.25, 0.3) is 0 Å². The van der Waals surface area contributed by atoms with Gasteiger partial charge in [-0.2, -0.15) is 21.0 Å². The van der Waals surface area contributed by atoms with E-state index in [4.69, 9.17) is 21.0 Å². The Morgan fingerprint density at radius 3 is 1.43 bits per heavy atom. The van der Waals surface area contributed by atoms with Crippen LogP contribution in [0, 0.1) is 45.3 Å². The summed E-state index contributed by atoms with van der Waals surface area (Å²) in [4.78, 5) is 4.20. The molecular formula is C17H24N6. The fourth-order valence-electron chi connectivity index (χ4n) is 2.23. The fourth-order valence-corrected chi connectivity index (χ4v) is 2.23. The smallest absolute Gasteiger partial charge is 0.0635 e. The molecule has 0 aliphatic carbocycles. The van der Waals surface area contributed by atoms with Gasteiger partial charge in [-0.1, -0.05) is 6.58 Å². The van der Waals surface area contributed by atoms with E-state index in [0.717, 1.165) is 18.5 Å². The van der Waals surface area contributed by atoms with Crippen LogP contribution in [0.3, 0.4) is 0 Å². The molecule has 0 unspecified atom stereocenters. The van der Waals surface area contributed by atoms with Gasteiger partial charge < -0.3 is 0 Å². The highest BCUT2D eigenvalue weighted by Crippen LogP contribution is 2.05. The summed E-state index contributed by atoms with van der Waals surface area (Å²) in [5.41, 5.74) is 0.996. The SMILES string of the molecule is C=C(CN(CCC#N)CCC#N)CN(CCC#N)CCCC#N. The monoisotopic (exact) mass is 312 g/mol. The lowest BCUT2D eigenvalue weighted by Crippen LogP contribution is -2.33. The first-order valence-electron chi connectivity index (χ1n) is 7.77. The molecule has 0 bridgehead atoms. The van der Waals surface area contributed by atoms with E-state index >= 15 is 0 Å². The molecule has 0 aromatic carbocycles. The predicted molar refractivity (Wildman–Crippen MR) is 87.6 cm³/mol. The van der Waals surface area contributed by atoms with Gasteiger partial charge >= 0.3 is 0 Å². The lowest BCUT2D eigenvalue weighted by molar-refractivity contribution is 0.270. The fraction of sp³-hybridized carbons (Fsp3) is 0.647. The van der Waals surface area contributed by atoms with Crippen molar-refractivity contribution in [3.63, 3.8) is 0 Å². The lowest BCUT2D eigenvalue weighted by atomic mass is 10.2. The van der Waals surface area contributed by atoms with Crippen molar-refractivity contribution in [1.82, 2.24) is 9.80 Å². The summed E-state index contributed by atoms with van der Waals surface area (Å²) in [5.74, 6) is 0. The van der Waals surface area contributed by atoms with Crippen molar-refractivity contribution in [2.45, 2.75) is 32.1 Å². The Morgan fingerprint density at radius 2 is 1.04 bits per heavy atom. The van der Waals surface area contributed by atoms with E-state index in [9.17, 15) is 0 Å². The topological polar surface area (TPSA) is 102 Å². The third-order valence-corrected chi connectivity index (χ3v) is 3.28. The minimum absolute atomic E-state index is 0.430. The van der Waals surface area contributed by atoms with Crippen molar-refractivity contribution < 1.29 is 0 Å². The maximum atomic E-state index is 8.74. The van der Waals surface area contributed by atoms with Crippen molar-refractivity contribution in [3.8, 4) is 24.3 Å². The standard InChI is InChI=1S/C17H24N6/c1-17(16-23(13-5-9-20)14-6-10-21)15-22(12-4-8-19)11-3-2-7-18/h1-6,11-16H2. The average molecular weight is 312 g/mol. The molecule has 0 saturated carbocycles. The average Bonchev–Trinajstić information content (AvgIpc) is 2.55. The van der Waals surface area contributed by atoms with Crippen LogP contribution in [0.15, 0.2) is 12.2 Å². The van der Waals surface area contributed by atoms with Gasteiger partial charge in [0, 0.05) is 58.4 Å². The van der Waals surface area contributed by atoms with Gasteiger partial charge in [0.25, 0.3) is 0 Å². The summed E-state index contributed by atoms with van der Waals surface area (Å²) in [5, 5.41) is 34.8. The number of nitrogens with zero attached hydrogens (tertiary/aromatic N) is 6. The Bertz CT molecular complexity index is 481. The van der Waals surface area contributed by atoms with E-state index in [1.54, 1.807) is 0 Å². The van der Waals surface area contributed by atoms with Crippen LogP contribution in [-0.2, 0) is 0 Å². The van der Waals surface area contributed by atoms with E-state index in [1.807, 2.05) is 0 Å². The maximum absolute atomic E-state index is 8.74. The molecule has 0 aliphatic rings. The summed E-state index contributed by atoms with van der Waals surface area (Å²) in [6.45, 7) is 8.09. The van der Waals surface area contributed by atoms with Gasteiger partial charge in [0.1, 0.15) is 0 Å². The summed E-state index contributed by atoms with van der Waals surface area (Å²) >= 11 is 0. The highest BCUT2D eigenvalue weighted by atomic mass is 15.1. The van der Waals surface area contributed by atoms with Gasteiger partial charge in [0.15, 0.2) is 0 Å². The van der Waals surface area contributed by atoms with E-state index in [0.29, 0.717) is 58.4 Å². The highest BCUT2D eigenvalue weighted by molar-refractivity contribution is 5.01. The number of hydrogen-bond donors (Lipinski definition) is 0. The van der Waals surface area contributed by atoms with E-state index in [-0.39, 0.29) is 0 Å². The van der Waals surface area contributed by atoms with Crippen LogP contribution in [0.5, 0.6) is 0 Å².